The summed E-state index contributed by atoms with van der Waals surface area (Å²) in [7, 11) is 1.63. The Bertz CT molecular complexity index is 1530. The molecule has 0 fully saturated rings. The molecule has 1 N–H and O–H groups in total. The highest BCUT2D eigenvalue weighted by Crippen LogP contribution is 2.31. The van der Waals surface area contributed by atoms with Crippen LogP contribution in [0.1, 0.15) is 27.3 Å². The summed E-state index contributed by atoms with van der Waals surface area (Å²) in [4.78, 5) is 17.7. The zero-order chi connectivity index (χ0) is 25.2. The van der Waals surface area contributed by atoms with Gasteiger partial charge in [0.2, 0.25) is 0 Å². The van der Waals surface area contributed by atoms with Gasteiger partial charge in [-0.15, -0.1) is 0 Å². The molecule has 5 aromatic rings. The number of anilines is 1. The van der Waals surface area contributed by atoms with Crippen molar-refractivity contribution < 1.29 is 9.53 Å². The Balaban J connectivity index is 1.48. The van der Waals surface area contributed by atoms with Crippen molar-refractivity contribution in [1.82, 2.24) is 24.5 Å². The summed E-state index contributed by atoms with van der Waals surface area (Å²) in [5.41, 5.74) is 5.79. The lowest BCUT2D eigenvalue weighted by Crippen LogP contribution is -2.15. The first-order valence-corrected chi connectivity index (χ1v) is 11.5. The minimum atomic E-state index is -0.290. The van der Waals surface area contributed by atoms with Gasteiger partial charge in [0.15, 0.2) is 5.82 Å². The molecule has 0 bridgehead atoms. The lowest BCUT2D eigenvalue weighted by molar-refractivity contribution is 0.102. The Kier molecular flexibility index (Phi) is 6.08. The van der Waals surface area contributed by atoms with Crippen LogP contribution in [0.2, 0.25) is 0 Å². The van der Waals surface area contributed by atoms with Crippen LogP contribution in [-0.4, -0.2) is 37.6 Å². The predicted octanol–water partition coefficient (Wildman–Crippen LogP) is 5.31. The van der Waals surface area contributed by atoms with E-state index >= 15 is 0 Å². The number of pyridine rings is 1. The number of amides is 1. The fraction of sp³-hybridized carbons (Fsp3) is 0.143. The first-order valence-electron chi connectivity index (χ1n) is 11.5. The number of hydrogen-bond donors (Lipinski definition) is 1. The molecule has 0 aliphatic rings. The molecule has 3 aromatic heterocycles. The van der Waals surface area contributed by atoms with Gasteiger partial charge in [-0.1, -0.05) is 29.8 Å². The number of para-hydroxylation sites is 1. The van der Waals surface area contributed by atoms with Gasteiger partial charge in [0.25, 0.3) is 5.91 Å². The van der Waals surface area contributed by atoms with E-state index in [-0.39, 0.29) is 5.91 Å². The van der Waals surface area contributed by atoms with E-state index in [9.17, 15) is 4.79 Å². The van der Waals surface area contributed by atoms with Gasteiger partial charge < -0.3 is 10.1 Å². The Morgan fingerprint density at radius 3 is 2.33 bits per heavy atom. The standard InChI is InChI=1S/C28H26N6O2/c1-18-9-12-22(13-10-18)34-27(16-24(32-34)23-7-5-6-8-25(23)36-4)30-28(35)21-11-14-26(29-17-21)33-20(3)15-19(2)31-33/h5-17H,1-4H3,(H,30,35). The number of aryl methyl sites for hydroxylation is 3. The predicted molar refractivity (Wildman–Crippen MR) is 139 cm³/mol. The summed E-state index contributed by atoms with van der Waals surface area (Å²) in [5, 5.41) is 12.2. The second-order valence-electron chi connectivity index (χ2n) is 8.56. The Morgan fingerprint density at radius 1 is 0.889 bits per heavy atom. The molecule has 0 atom stereocenters. The van der Waals surface area contributed by atoms with E-state index in [0.717, 1.165) is 28.2 Å². The third-order valence-electron chi connectivity index (χ3n) is 5.85. The molecule has 0 unspecified atom stereocenters. The molecule has 8 nitrogen and oxygen atoms in total. The molecule has 0 radical (unpaired) electrons. The van der Waals surface area contributed by atoms with Crippen LogP contribution >= 0.6 is 0 Å². The molecule has 0 spiro atoms. The second kappa shape index (κ2) is 9.50. The van der Waals surface area contributed by atoms with Crippen molar-refractivity contribution in [2.75, 3.05) is 12.4 Å². The summed E-state index contributed by atoms with van der Waals surface area (Å²) in [6.07, 6.45) is 1.55. The molecule has 0 saturated heterocycles. The fourth-order valence-corrected chi connectivity index (χ4v) is 4.04. The van der Waals surface area contributed by atoms with E-state index in [1.165, 1.54) is 0 Å². The largest absolute Gasteiger partial charge is 0.496 e. The van der Waals surface area contributed by atoms with Gasteiger partial charge in [0, 0.05) is 23.5 Å². The number of ether oxygens (including phenoxy) is 1. The number of nitrogens with zero attached hydrogens (tertiary/aromatic N) is 5. The lowest BCUT2D eigenvalue weighted by atomic mass is 10.1. The van der Waals surface area contributed by atoms with E-state index in [2.05, 4.69) is 15.4 Å². The van der Waals surface area contributed by atoms with Gasteiger partial charge in [-0.3, -0.25) is 4.79 Å². The topological polar surface area (TPSA) is 86.9 Å². The Labute approximate surface area is 209 Å². The van der Waals surface area contributed by atoms with Crippen LogP contribution < -0.4 is 10.1 Å². The van der Waals surface area contributed by atoms with Crippen molar-refractivity contribution in [2.24, 2.45) is 0 Å². The van der Waals surface area contributed by atoms with E-state index in [1.807, 2.05) is 81.4 Å². The normalized spacial score (nSPS) is 10.9. The Hall–Kier alpha value is -4.72. The van der Waals surface area contributed by atoms with Gasteiger partial charge in [-0.05, 0) is 63.2 Å². The van der Waals surface area contributed by atoms with Crippen molar-refractivity contribution in [1.29, 1.82) is 0 Å². The maximum absolute atomic E-state index is 13.2. The summed E-state index contributed by atoms with van der Waals surface area (Å²) < 4.78 is 9.00. The molecular formula is C28H26N6O2. The van der Waals surface area contributed by atoms with Gasteiger partial charge in [-0.25, -0.2) is 14.3 Å². The molecule has 5 rings (SSSR count). The quantitative estimate of drug-likeness (QED) is 0.358. The molecule has 36 heavy (non-hydrogen) atoms. The molecule has 0 saturated carbocycles. The van der Waals surface area contributed by atoms with Crippen LogP contribution in [0.5, 0.6) is 5.75 Å². The van der Waals surface area contributed by atoms with Crippen LogP contribution in [0.25, 0.3) is 22.8 Å². The van der Waals surface area contributed by atoms with Gasteiger partial charge in [0.1, 0.15) is 11.6 Å². The number of hydrogen-bond acceptors (Lipinski definition) is 5. The molecule has 0 aliphatic heterocycles. The van der Waals surface area contributed by atoms with Gasteiger partial charge in [-0.2, -0.15) is 10.2 Å². The smallest absolute Gasteiger partial charge is 0.258 e. The number of benzene rings is 2. The van der Waals surface area contributed by atoms with Gasteiger partial charge in [0.05, 0.1) is 29.7 Å². The number of methoxy groups -OCH3 is 1. The summed E-state index contributed by atoms with van der Waals surface area (Å²) >= 11 is 0. The number of rotatable bonds is 6. The molecule has 180 valence electrons. The zero-order valence-corrected chi connectivity index (χ0v) is 20.6. The minimum absolute atomic E-state index is 0.290. The lowest BCUT2D eigenvalue weighted by Gasteiger charge is -2.10. The molecule has 0 aliphatic carbocycles. The van der Waals surface area contributed by atoms with Gasteiger partial charge >= 0.3 is 0 Å². The molecule has 1 amide bonds. The number of aromatic nitrogens is 5. The second-order valence-corrected chi connectivity index (χ2v) is 8.56. The summed E-state index contributed by atoms with van der Waals surface area (Å²) in [6.45, 7) is 5.92. The molecule has 2 aromatic carbocycles. The number of carbonyl (C=O) groups excluding carboxylic acids is 1. The molecule has 8 heteroatoms. The highest BCUT2D eigenvalue weighted by Gasteiger charge is 2.17. The number of nitrogens with one attached hydrogen (secondary N) is 1. The first-order chi connectivity index (χ1) is 17.4. The van der Waals surface area contributed by atoms with Crippen LogP contribution in [0.15, 0.2) is 79.0 Å². The molecular weight excluding hydrogens is 452 g/mol. The van der Waals surface area contributed by atoms with Crippen molar-refractivity contribution in [3.05, 3.63) is 102 Å². The third-order valence-corrected chi connectivity index (χ3v) is 5.85. The van der Waals surface area contributed by atoms with Crippen LogP contribution in [0.4, 0.5) is 5.82 Å². The summed E-state index contributed by atoms with van der Waals surface area (Å²) in [5.74, 6) is 1.60. The maximum atomic E-state index is 13.2. The minimum Gasteiger partial charge on any atom is -0.496 e. The fourth-order valence-electron chi connectivity index (χ4n) is 4.04. The van der Waals surface area contributed by atoms with E-state index < -0.39 is 0 Å². The van der Waals surface area contributed by atoms with E-state index in [0.29, 0.717) is 28.6 Å². The average Bonchev–Trinajstić information content (AvgIpc) is 3.46. The first kappa shape index (κ1) is 23.0. The average molecular weight is 479 g/mol. The summed E-state index contributed by atoms with van der Waals surface area (Å²) in [6, 6.07) is 22.9. The highest BCUT2D eigenvalue weighted by molar-refractivity contribution is 6.04. The highest BCUT2D eigenvalue weighted by atomic mass is 16.5. The monoisotopic (exact) mass is 478 g/mol. The zero-order valence-electron chi connectivity index (χ0n) is 20.6. The van der Waals surface area contributed by atoms with Crippen molar-refractivity contribution >= 4 is 11.7 Å². The maximum Gasteiger partial charge on any atom is 0.258 e. The van der Waals surface area contributed by atoms with E-state index in [4.69, 9.17) is 9.84 Å². The van der Waals surface area contributed by atoms with Crippen molar-refractivity contribution in [3.63, 3.8) is 0 Å². The van der Waals surface area contributed by atoms with Crippen LogP contribution in [0.3, 0.4) is 0 Å². The molecule has 3 heterocycles. The van der Waals surface area contributed by atoms with Crippen LogP contribution in [-0.2, 0) is 0 Å². The number of carbonyl (C=O) groups is 1. The third kappa shape index (κ3) is 4.48. The SMILES string of the molecule is COc1ccccc1-c1cc(NC(=O)c2ccc(-n3nc(C)cc3C)nc2)n(-c2ccc(C)cc2)n1. The van der Waals surface area contributed by atoms with Crippen LogP contribution in [0, 0.1) is 20.8 Å². The van der Waals surface area contributed by atoms with E-state index in [1.54, 1.807) is 34.8 Å². The Morgan fingerprint density at radius 2 is 1.67 bits per heavy atom. The van der Waals surface area contributed by atoms with Crippen molar-refractivity contribution in [2.45, 2.75) is 20.8 Å². The van der Waals surface area contributed by atoms with Crippen molar-refractivity contribution in [3.8, 4) is 28.5 Å².